The molecule has 0 aliphatic rings. The lowest BCUT2D eigenvalue weighted by atomic mass is 9.85. The van der Waals surface area contributed by atoms with Crippen LogP contribution in [0.5, 0.6) is 5.75 Å². The zero-order valence-corrected chi connectivity index (χ0v) is 12.5. The highest BCUT2D eigenvalue weighted by molar-refractivity contribution is 5.86. The van der Waals surface area contributed by atoms with Gasteiger partial charge < -0.3 is 5.11 Å². The van der Waals surface area contributed by atoms with Gasteiger partial charge in [-0.3, -0.25) is 4.99 Å². The van der Waals surface area contributed by atoms with E-state index in [2.05, 4.69) is 4.99 Å². The lowest BCUT2D eigenvalue weighted by Gasteiger charge is -2.21. The SMILES string of the molecule is CC(C)(C)c1cccc(C=Nc2cc(F)c(F)cc2F)c1O. The smallest absolute Gasteiger partial charge is 0.161 e. The van der Waals surface area contributed by atoms with Gasteiger partial charge in [-0.25, -0.2) is 13.2 Å². The summed E-state index contributed by atoms with van der Waals surface area (Å²) in [5.41, 5.74) is 0.472. The number of aliphatic imine (C=N–C) groups is 1. The summed E-state index contributed by atoms with van der Waals surface area (Å²) in [7, 11) is 0. The quantitative estimate of drug-likeness (QED) is 0.624. The summed E-state index contributed by atoms with van der Waals surface area (Å²) in [5.74, 6) is -3.39. The summed E-state index contributed by atoms with van der Waals surface area (Å²) in [4.78, 5) is 3.80. The van der Waals surface area contributed by atoms with Gasteiger partial charge in [0.15, 0.2) is 17.5 Å². The number of hydrogen-bond acceptors (Lipinski definition) is 2. The van der Waals surface area contributed by atoms with Crippen LogP contribution in [-0.2, 0) is 5.41 Å². The molecule has 0 amide bonds. The van der Waals surface area contributed by atoms with Crippen LogP contribution in [-0.4, -0.2) is 11.3 Å². The first kappa shape index (κ1) is 16.1. The second-order valence-electron chi connectivity index (χ2n) is 5.97. The fraction of sp³-hybridized carbons (Fsp3) is 0.235. The van der Waals surface area contributed by atoms with Crippen molar-refractivity contribution in [3.8, 4) is 5.75 Å². The first-order chi connectivity index (χ1) is 10.2. The molecule has 5 heteroatoms. The molecule has 116 valence electrons. The first-order valence-corrected chi connectivity index (χ1v) is 6.71. The highest BCUT2D eigenvalue weighted by Crippen LogP contribution is 2.32. The summed E-state index contributed by atoms with van der Waals surface area (Å²) in [6.07, 6.45) is 1.22. The monoisotopic (exact) mass is 307 g/mol. The molecule has 0 radical (unpaired) electrons. The number of hydrogen-bond donors (Lipinski definition) is 1. The van der Waals surface area contributed by atoms with Crippen LogP contribution in [0.2, 0.25) is 0 Å². The summed E-state index contributed by atoms with van der Waals surface area (Å²) in [6.45, 7) is 5.83. The number of rotatable bonds is 2. The van der Waals surface area contributed by atoms with E-state index in [0.29, 0.717) is 23.3 Å². The fourth-order valence-corrected chi connectivity index (χ4v) is 2.02. The van der Waals surface area contributed by atoms with Gasteiger partial charge in [0.05, 0.1) is 0 Å². The highest BCUT2D eigenvalue weighted by Gasteiger charge is 2.19. The Labute approximate surface area is 126 Å². The number of para-hydroxylation sites is 1. The van der Waals surface area contributed by atoms with Crippen LogP contribution in [0, 0.1) is 17.5 Å². The van der Waals surface area contributed by atoms with Gasteiger partial charge in [-0.2, -0.15) is 0 Å². The summed E-state index contributed by atoms with van der Waals surface area (Å²) in [5, 5.41) is 10.3. The van der Waals surface area contributed by atoms with Gasteiger partial charge in [-0.15, -0.1) is 0 Å². The molecule has 2 rings (SSSR count). The van der Waals surface area contributed by atoms with Crippen molar-refractivity contribution in [1.82, 2.24) is 0 Å². The van der Waals surface area contributed by atoms with Crippen LogP contribution in [0.15, 0.2) is 35.3 Å². The lowest BCUT2D eigenvalue weighted by Crippen LogP contribution is -2.11. The van der Waals surface area contributed by atoms with Crippen LogP contribution >= 0.6 is 0 Å². The minimum absolute atomic E-state index is 0.0294. The van der Waals surface area contributed by atoms with Crippen LogP contribution in [0.1, 0.15) is 31.9 Å². The molecule has 1 N–H and O–H groups in total. The third kappa shape index (κ3) is 3.30. The largest absolute Gasteiger partial charge is 0.507 e. The maximum absolute atomic E-state index is 13.5. The molecule has 0 bridgehead atoms. The molecule has 0 fully saturated rings. The molecular formula is C17H16F3NO. The zero-order chi connectivity index (χ0) is 16.5. The van der Waals surface area contributed by atoms with Crippen molar-refractivity contribution in [3.05, 3.63) is 58.9 Å². The van der Waals surface area contributed by atoms with Crippen molar-refractivity contribution < 1.29 is 18.3 Å². The second kappa shape index (κ2) is 5.83. The molecule has 0 aromatic heterocycles. The van der Waals surface area contributed by atoms with Crippen LogP contribution < -0.4 is 0 Å². The predicted molar refractivity (Wildman–Crippen MR) is 80.4 cm³/mol. The summed E-state index contributed by atoms with van der Waals surface area (Å²) >= 11 is 0. The van der Waals surface area contributed by atoms with Crippen molar-refractivity contribution in [2.24, 2.45) is 4.99 Å². The van der Waals surface area contributed by atoms with Crippen LogP contribution in [0.3, 0.4) is 0 Å². The molecule has 0 atom stereocenters. The van der Waals surface area contributed by atoms with Gasteiger partial charge in [0.2, 0.25) is 0 Å². The fourth-order valence-electron chi connectivity index (χ4n) is 2.02. The third-order valence-corrected chi connectivity index (χ3v) is 3.21. The maximum atomic E-state index is 13.5. The van der Waals surface area contributed by atoms with E-state index in [-0.39, 0.29) is 16.9 Å². The van der Waals surface area contributed by atoms with Crippen molar-refractivity contribution in [2.75, 3.05) is 0 Å². The van der Waals surface area contributed by atoms with Crippen molar-refractivity contribution in [1.29, 1.82) is 0 Å². The molecule has 0 saturated heterocycles. The molecule has 2 nitrogen and oxygen atoms in total. The number of nitrogens with zero attached hydrogens (tertiary/aromatic N) is 1. The number of phenolic OH excluding ortho intramolecular Hbond substituents is 1. The number of halogens is 3. The molecule has 0 saturated carbocycles. The normalized spacial score (nSPS) is 12.1. The third-order valence-electron chi connectivity index (χ3n) is 3.21. The topological polar surface area (TPSA) is 32.6 Å². The molecule has 0 spiro atoms. The minimum atomic E-state index is -1.27. The lowest BCUT2D eigenvalue weighted by molar-refractivity contribution is 0.446. The van der Waals surface area contributed by atoms with Crippen molar-refractivity contribution in [2.45, 2.75) is 26.2 Å². The Morgan fingerprint density at radius 2 is 1.64 bits per heavy atom. The molecule has 0 aliphatic carbocycles. The van der Waals surface area contributed by atoms with E-state index in [0.717, 1.165) is 0 Å². The van der Waals surface area contributed by atoms with Gasteiger partial charge in [0, 0.05) is 23.9 Å². The Morgan fingerprint density at radius 1 is 1.00 bits per heavy atom. The molecule has 2 aromatic rings. The van der Waals surface area contributed by atoms with E-state index < -0.39 is 17.5 Å². The van der Waals surface area contributed by atoms with Crippen molar-refractivity contribution in [3.63, 3.8) is 0 Å². The Hall–Kier alpha value is -2.30. The predicted octanol–water partition coefficient (Wildman–Crippen LogP) is 4.86. The van der Waals surface area contributed by atoms with E-state index in [9.17, 15) is 18.3 Å². The van der Waals surface area contributed by atoms with Crippen molar-refractivity contribution >= 4 is 11.9 Å². The molecule has 0 unspecified atom stereocenters. The molecule has 22 heavy (non-hydrogen) atoms. The summed E-state index contributed by atoms with van der Waals surface area (Å²) in [6, 6.07) is 6.24. The Bertz CT molecular complexity index is 733. The average Bonchev–Trinajstić information content (AvgIpc) is 2.41. The molecule has 2 aromatic carbocycles. The van der Waals surface area contributed by atoms with Gasteiger partial charge in [-0.05, 0) is 17.0 Å². The standard InChI is InChI=1S/C17H16F3NO/c1-17(2,3)11-6-4-5-10(16(11)22)9-21-15-8-13(19)12(18)7-14(15)20/h4-9,22H,1-3H3. The van der Waals surface area contributed by atoms with E-state index in [1.54, 1.807) is 18.2 Å². The summed E-state index contributed by atoms with van der Waals surface area (Å²) < 4.78 is 39.5. The Morgan fingerprint density at radius 3 is 2.27 bits per heavy atom. The van der Waals surface area contributed by atoms with Gasteiger partial charge in [0.25, 0.3) is 0 Å². The van der Waals surface area contributed by atoms with E-state index in [1.807, 2.05) is 20.8 Å². The molecule has 0 aliphatic heterocycles. The van der Waals surface area contributed by atoms with Gasteiger partial charge in [0.1, 0.15) is 11.4 Å². The van der Waals surface area contributed by atoms with E-state index in [4.69, 9.17) is 0 Å². The van der Waals surface area contributed by atoms with Gasteiger partial charge >= 0.3 is 0 Å². The zero-order valence-electron chi connectivity index (χ0n) is 12.5. The number of aromatic hydroxyl groups is 1. The second-order valence-corrected chi connectivity index (χ2v) is 5.97. The minimum Gasteiger partial charge on any atom is -0.507 e. The molecular weight excluding hydrogens is 291 g/mol. The maximum Gasteiger partial charge on any atom is 0.161 e. The van der Waals surface area contributed by atoms with E-state index >= 15 is 0 Å². The highest BCUT2D eigenvalue weighted by atomic mass is 19.2. The van der Waals surface area contributed by atoms with Crippen LogP contribution in [0.4, 0.5) is 18.9 Å². The Kier molecular flexibility index (Phi) is 4.26. The average molecular weight is 307 g/mol. The van der Waals surface area contributed by atoms with Crippen LogP contribution in [0.25, 0.3) is 0 Å². The Balaban J connectivity index is 2.42. The van der Waals surface area contributed by atoms with Gasteiger partial charge in [-0.1, -0.05) is 32.9 Å². The first-order valence-electron chi connectivity index (χ1n) is 6.71. The number of benzene rings is 2. The molecule has 0 heterocycles. The number of phenols is 1. The van der Waals surface area contributed by atoms with E-state index in [1.165, 1.54) is 6.21 Å².